The van der Waals surface area contributed by atoms with Gasteiger partial charge in [-0.2, -0.15) is 4.31 Å². The van der Waals surface area contributed by atoms with E-state index in [0.717, 1.165) is 15.6 Å². The number of carbonyl (C=O) groups excluding carboxylic acids is 1. The molecule has 37 heavy (non-hydrogen) atoms. The summed E-state index contributed by atoms with van der Waals surface area (Å²) in [6.07, 6.45) is 1.44. The van der Waals surface area contributed by atoms with Crippen LogP contribution >= 0.6 is 0 Å². The Morgan fingerprint density at radius 1 is 1.00 bits per heavy atom. The number of hydrogen-bond donors (Lipinski definition) is 1. The summed E-state index contributed by atoms with van der Waals surface area (Å²) >= 11 is 0. The second-order valence-corrected chi connectivity index (χ2v) is 10.5. The lowest BCUT2D eigenvalue weighted by molar-refractivity contribution is -0.151. The van der Waals surface area contributed by atoms with Crippen LogP contribution in [0.4, 0.5) is 0 Å². The van der Waals surface area contributed by atoms with E-state index in [0.29, 0.717) is 12.2 Å². The highest BCUT2D eigenvalue weighted by molar-refractivity contribution is 7.89. The fraction of sp³-hybridized carbons (Fsp3) is 0.423. The second-order valence-electron chi connectivity index (χ2n) is 8.57. The smallest absolute Gasteiger partial charge is 0.288 e. The number of aliphatic hydroxyl groups is 1. The van der Waals surface area contributed by atoms with Gasteiger partial charge in [-0.25, -0.2) is 8.42 Å². The molecule has 1 amide bonds. The van der Waals surface area contributed by atoms with E-state index in [-0.39, 0.29) is 48.8 Å². The molecule has 2 aromatic rings. The number of carbonyl (C=O) groups is 1. The predicted octanol–water partition coefficient (Wildman–Crippen LogP) is 2.21. The number of benzene rings is 2. The van der Waals surface area contributed by atoms with Crippen molar-refractivity contribution in [3.63, 3.8) is 0 Å². The summed E-state index contributed by atoms with van der Waals surface area (Å²) in [4.78, 5) is 14.2. The van der Waals surface area contributed by atoms with Gasteiger partial charge in [0, 0.05) is 39.5 Å². The SMILES string of the molecule is COc1ccc([C@@H]2C=C(C(=O)N(C)C)O[C@H](OCCN(CCO)S(=O)(=O)c3ccc(OC)cc3)C2)cc1. The van der Waals surface area contributed by atoms with E-state index >= 15 is 0 Å². The quantitative estimate of drug-likeness (QED) is 0.441. The molecule has 0 fully saturated rings. The van der Waals surface area contributed by atoms with Crippen molar-refractivity contribution in [3.8, 4) is 11.5 Å². The summed E-state index contributed by atoms with van der Waals surface area (Å²) in [6, 6.07) is 13.6. The number of likely N-dealkylation sites (N-methyl/N-ethyl adjacent to an activating group) is 1. The average Bonchev–Trinajstić information content (AvgIpc) is 2.92. The van der Waals surface area contributed by atoms with E-state index in [1.54, 1.807) is 39.4 Å². The van der Waals surface area contributed by atoms with Gasteiger partial charge >= 0.3 is 0 Å². The number of hydrogen-bond acceptors (Lipinski definition) is 8. The molecule has 0 unspecified atom stereocenters. The topological polar surface area (TPSA) is 115 Å². The molecule has 0 radical (unpaired) electrons. The third-order valence-corrected chi connectivity index (χ3v) is 7.82. The molecule has 0 saturated carbocycles. The molecule has 1 aliphatic rings. The van der Waals surface area contributed by atoms with E-state index < -0.39 is 16.3 Å². The van der Waals surface area contributed by atoms with Crippen LogP contribution in [0.25, 0.3) is 0 Å². The number of aliphatic hydroxyl groups excluding tert-OH is 1. The Morgan fingerprint density at radius 2 is 1.59 bits per heavy atom. The largest absolute Gasteiger partial charge is 0.497 e. The number of amides is 1. The Labute approximate surface area is 218 Å². The van der Waals surface area contributed by atoms with E-state index in [1.165, 1.54) is 24.1 Å². The van der Waals surface area contributed by atoms with Gasteiger partial charge in [-0.05, 0) is 48.0 Å². The summed E-state index contributed by atoms with van der Waals surface area (Å²) in [6.45, 7) is -0.456. The summed E-state index contributed by atoms with van der Waals surface area (Å²) in [7, 11) is 2.49. The zero-order valence-electron chi connectivity index (χ0n) is 21.5. The summed E-state index contributed by atoms with van der Waals surface area (Å²) in [5, 5.41) is 9.47. The number of nitrogens with zero attached hydrogens (tertiary/aromatic N) is 2. The number of sulfonamides is 1. The first kappa shape index (κ1) is 28.5. The minimum Gasteiger partial charge on any atom is -0.497 e. The summed E-state index contributed by atoms with van der Waals surface area (Å²) in [5.41, 5.74) is 0.964. The van der Waals surface area contributed by atoms with Crippen molar-refractivity contribution in [1.82, 2.24) is 9.21 Å². The van der Waals surface area contributed by atoms with Gasteiger partial charge in [-0.3, -0.25) is 4.79 Å². The van der Waals surface area contributed by atoms with Crippen LogP contribution in [0.1, 0.15) is 17.9 Å². The third-order valence-electron chi connectivity index (χ3n) is 5.91. The first-order valence-electron chi connectivity index (χ1n) is 11.8. The monoisotopic (exact) mass is 534 g/mol. The fourth-order valence-electron chi connectivity index (χ4n) is 3.86. The van der Waals surface area contributed by atoms with Crippen LogP contribution in [0, 0.1) is 0 Å². The number of rotatable bonds is 12. The van der Waals surface area contributed by atoms with E-state index in [9.17, 15) is 18.3 Å². The van der Waals surface area contributed by atoms with Gasteiger partial charge in [0.1, 0.15) is 11.5 Å². The Kier molecular flexibility index (Phi) is 9.93. The van der Waals surface area contributed by atoms with Crippen LogP contribution < -0.4 is 9.47 Å². The number of allylic oxidation sites excluding steroid dienone is 1. The molecule has 0 aromatic heterocycles. The Morgan fingerprint density at radius 3 is 2.14 bits per heavy atom. The van der Waals surface area contributed by atoms with Gasteiger partial charge in [-0.15, -0.1) is 0 Å². The maximum absolute atomic E-state index is 13.1. The average molecular weight is 535 g/mol. The van der Waals surface area contributed by atoms with Crippen molar-refractivity contribution in [2.75, 3.05) is 54.6 Å². The number of ether oxygens (including phenoxy) is 4. The van der Waals surface area contributed by atoms with Crippen molar-refractivity contribution >= 4 is 15.9 Å². The van der Waals surface area contributed by atoms with Crippen LogP contribution in [0.3, 0.4) is 0 Å². The lowest BCUT2D eigenvalue weighted by atomic mass is 9.93. The molecule has 1 aliphatic heterocycles. The molecule has 202 valence electrons. The van der Waals surface area contributed by atoms with Crippen molar-refractivity contribution in [1.29, 1.82) is 0 Å². The van der Waals surface area contributed by atoms with Gasteiger partial charge in [0.05, 0.1) is 32.3 Å². The maximum atomic E-state index is 13.1. The highest BCUT2D eigenvalue weighted by Gasteiger charge is 2.30. The van der Waals surface area contributed by atoms with Gasteiger partial charge in [0.25, 0.3) is 5.91 Å². The first-order chi connectivity index (χ1) is 17.7. The molecule has 2 atom stereocenters. The molecule has 11 heteroatoms. The third kappa shape index (κ3) is 7.22. The van der Waals surface area contributed by atoms with Crippen LogP contribution in [0.15, 0.2) is 65.3 Å². The van der Waals surface area contributed by atoms with Gasteiger partial charge < -0.3 is 29.0 Å². The van der Waals surface area contributed by atoms with Gasteiger partial charge in [-0.1, -0.05) is 12.1 Å². The zero-order chi connectivity index (χ0) is 27.0. The van der Waals surface area contributed by atoms with Crippen molar-refractivity contribution in [2.24, 2.45) is 0 Å². The van der Waals surface area contributed by atoms with E-state index in [2.05, 4.69) is 0 Å². The Balaban J connectivity index is 1.72. The molecule has 10 nitrogen and oxygen atoms in total. The molecular formula is C26H34N2O8S. The van der Waals surface area contributed by atoms with Crippen LogP contribution in [-0.2, 0) is 24.3 Å². The number of methoxy groups -OCH3 is 2. The molecule has 0 aliphatic carbocycles. The van der Waals surface area contributed by atoms with E-state index in [1.807, 2.05) is 24.3 Å². The second kappa shape index (κ2) is 12.9. The van der Waals surface area contributed by atoms with Gasteiger partial charge in [0.15, 0.2) is 5.76 Å². The molecule has 0 spiro atoms. The first-order valence-corrected chi connectivity index (χ1v) is 13.2. The van der Waals surface area contributed by atoms with Crippen LogP contribution in [0.5, 0.6) is 11.5 Å². The highest BCUT2D eigenvalue weighted by atomic mass is 32.2. The minimum absolute atomic E-state index is 0.00117. The molecule has 0 saturated heterocycles. The lowest BCUT2D eigenvalue weighted by Gasteiger charge is -2.31. The van der Waals surface area contributed by atoms with Crippen molar-refractivity contribution in [3.05, 3.63) is 65.9 Å². The normalized spacial score (nSPS) is 17.6. The zero-order valence-corrected chi connectivity index (χ0v) is 22.3. The van der Waals surface area contributed by atoms with Gasteiger partial charge in [0.2, 0.25) is 16.3 Å². The summed E-state index contributed by atoms with van der Waals surface area (Å²) < 4.78 is 49.5. The highest BCUT2D eigenvalue weighted by Crippen LogP contribution is 2.33. The lowest BCUT2D eigenvalue weighted by Crippen LogP contribution is -2.38. The van der Waals surface area contributed by atoms with Crippen LogP contribution in [-0.4, -0.2) is 89.5 Å². The maximum Gasteiger partial charge on any atom is 0.288 e. The van der Waals surface area contributed by atoms with Crippen molar-refractivity contribution < 1.29 is 37.3 Å². The molecule has 0 bridgehead atoms. The fourth-order valence-corrected chi connectivity index (χ4v) is 5.28. The molecule has 2 aromatic carbocycles. The van der Waals surface area contributed by atoms with E-state index in [4.69, 9.17) is 18.9 Å². The molecule has 3 rings (SSSR count). The molecule has 1 heterocycles. The standard InChI is InChI=1S/C26H34N2O8S/c1-27(2)26(30)24-17-20(19-5-7-21(33-3)8-6-19)18-25(36-24)35-16-14-28(13-15-29)37(31,32)23-11-9-22(34-4)10-12-23/h5-12,17,20,25,29H,13-16,18H2,1-4H3/t20-,25+/m1/s1. The van der Waals surface area contributed by atoms with Crippen LogP contribution in [0.2, 0.25) is 0 Å². The predicted molar refractivity (Wildman–Crippen MR) is 137 cm³/mol. The summed E-state index contributed by atoms with van der Waals surface area (Å²) in [5.74, 6) is 0.975. The molecular weight excluding hydrogens is 500 g/mol. The van der Waals surface area contributed by atoms with Crippen molar-refractivity contribution in [2.45, 2.75) is 23.5 Å². The Bertz CT molecular complexity index is 1160. The minimum atomic E-state index is -3.87. The Hall–Kier alpha value is -3.12. The molecule has 1 N–H and O–H groups in total.